The van der Waals surface area contributed by atoms with E-state index in [0.29, 0.717) is 23.9 Å². The molecule has 2 heterocycles. The maximum atomic E-state index is 12.3. The monoisotopic (exact) mass is 237 g/mol. The lowest BCUT2D eigenvalue weighted by Gasteiger charge is -2.35. The van der Waals surface area contributed by atoms with Gasteiger partial charge in [-0.15, -0.1) is 0 Å². The van der Waals surface area contributed by atoms with Gasteiger partial charge >= 0.3 is 0 Å². The third kappa shape index (κ3) is 2.34. The minimum atomic E-state index is -0.0671. The summed E-state index contributed by atoms with van der Waals surface area (Å²) >= 11 is 0. The van der Waals surface area contributed by atoms with Crippen LogP contribution in [0, 0.1) is 13.8 Å². The molecule has 1 saturated heterocycles. The third-order valence-corrected chi connectivity index (χ3v) is 3.28. The van der Waals surface area contributed by atoms with Gasteiger partial charge in [-0.25, -0.2) is 4.98 Å². The number of hydrogen-bond donors (Lipinski definition) is 1. The van der Waals surface area contributed by atoms with Gasteiger partial charge in [0.05, 0.1) is 5.69 Å². The normalized spacial score (nSPS) is 25.1. The van der Waals surface area contributed by atoms with Crippen LogP contribution in [0.15, 0.2) is 4.42 Å². The SMILES string of the molecule is Cc1nc(C)c(C(=O)N2CCC(N)CC2C)o1. The predicted octanol–water partition coefficient (Wildman–Crippen LogP) is 1.24. The fraction of sp³-hybridized carbons (Fsp3) is 0.667. The van der Waals surface area contributed by atoms with Crippen molar-refractivity contribution in [2.75, 3.05) is 6.54 Å². The van der Waals surface area contributed by atoms with Crippen molar-refractivity contribution >= 4 is 5.91 Å². The number of nitrogens with zero attached hydrogens (tertiary/aromatic N) is 2. The highest BCUT2D eigenvalue weighted by Crippen LogP contribution is 2.20. The van der Waals surface area contributed by atoms with Crippen molar-refractivity contribution in [3.8, 4) is 0 Å². The van der Waals surface area contributed by atoms with Gasteiger partial charge < -0.3 is 15.1 Å². The van der Waals surface area contributed by atoms with Crippen molar-refractivity contribution in [2.45, 2.75) is 45.7 Å². The van der Waals surface area contributed by atoms with E-state index >= 15 is 0 Å². The fourth-order valence-electron chi connectivity index (χ4n) is 2.37. The number of amides is 1. The average molecular weight is 237 g/mol. The average Bonchev–Trinajstić information content (AvgIpc) is 2.57. The van der Waals surface area contributed by atoms with E-state index in [-0.39, 0.29) is 18.0 Å². The van der Waals surface area contributed by atoms with Crippen molar-refractivity contribution in [3.05, 3.63) is 17.3 Å². The molecule has 5 heteroatoms. The summed E-state index contributed by atoms with van der Waals surface area (Å²) in [6, 6.07) is 0.364. The van der Waals surface area contributed by atoms with Crippen LogP contribution in [0.3, 0.4) is 0 Å². The highest BCUT2D eigenvalue weighted by Gasteiger charge is 2.30. The molecule has 2 unspecified atom stereocenters. The molecule has 17 heavy (non-hydrogen) atoms. The Morgan fingerprint density at radius 2 is 2.24 bits per heavy atom. The molecule has 0 radical (unpaired) electrons. The predicted molar refractivity (Wildman–Crippen MR) is 63.7 cm³/mol. The van der Waals surface area contributed by atoms with Gasteiger partial charge in [-0.1, -0.05) is 0 Å². The van der Waals surface area contributed by atoms with Gasteiger partial charge in [0, 0.05) is 25.6 Å². The van der Waals surface area contributed by atoms with Crippen molar-refractivity contribution in [2.24, 2.45) is 5.73 Å². The molecule has 2 rings (SSSR count). The molecule has 0 spiro atoms. The second kappa shape index (κ2) is 4.49. The highest BCUT2D eigenvalue weighted by atomic mass is 16.4. The molecule has 0 saturated carbocycles. The van der Waals surface area contributed by atoms with Crippen molar-refractivity contribution in [1.29, 1.82) is 0 Å². The second-order valence-corrected chi connectivity index (χ2v) is 4.78. The van der Waals surface area contributed by atoms with Crippen LogP contribution in [-0.2, 0) is 0 Å². The number of aromatic nitrogens is 1. The zero-order valence-corrected chi connectivity index (χ0v) is 10.6. The lowest BCUT2D eigenvalue weighted by Crippen LogP contribution is -2.48. The van der Waals surface area contributed by atoms with Gasteiger partial charge in [0.2, 0.25) is 5.76 Å². The molecule has 5 nitrogen and oxygen atoms in total. The number of hydrogen-bond acceptors (Lipinski definition) is 4. The first kappa shape index (κ1) is 12.1. The van der Waals surface area contributed by atoms with Gasteiger partial charge in [-0.2, -0.15) is 0 Å². The number of carbonyl (C=O) groups is 1. The fourth-order valence-corrected chi connectivity index (χ4v) is 2.37. The summed E-state index contributed by atoms with van der Waals surface area (Å²) in [5.41, 5.74) is 6.55. The molecular formula is C12H19N3O2. The maximum absolute atomic E-state index is 12.3. The summed E-state index contributed by atoms with van der Waals surface area (Å²) in [6.07, 6.45) is 1.69. The molecule has 1 fully saturated rings. The van der Waals surface area contributed by atoms with E-state index < -0.39 is 0 Å². The Kier molecular flexibility index (Phi) is 3.19. The molecule has 94 valence electrons. The van der Waals surface area contributed by atoms with Gasteiger partial charge in [-0.05, 0) is 26.7 Å². The molecule has 2 atom stereocenters. The largest absolute Gasteiger partial charge is 0.436 e. The number of carbonyl (C=O) groups excluding carboxylic acids is 1. The highest BCUT2D eigenvalue weighted by molar-refractivity contribution is 5.92. The van der Waals surface area contributed by atoms with E-state index in [2.05, 4.69) is 4.98 Å². The van der Waals surface area contributed by atoms with Crippen molar-refractivity contribution < 1.29 is 9.21 Å². The second-order valence-electron chi connectivity index (χ2n) is 4.78. The van der Waals surface area contributed by atoms with E-state index in [0.717, 1.165) is 12.8 Å². The molecule has 1 amide bonds. The number of aryl methyl sites for hydroxylation is 2. The minimum Gasteiger partial charge on any atom is -0.436 e. The molecule has 1 aromatic rings. The summed E-state index contributed by atoms with van der Waals surface area (Å²) in [5, 5.41) is 0. The maximum Gasteiger partial charge on any atom is 0.291 e. The van der Waals surface area contributed by atoms with Crippen LogP contribution in [0.5, 0.6) is 0 Å². The Hall–Kier alpha value is -1.36. The molecule has 2 N–H and O–H groups in total. The Labute approximate surface area is 101 Å². The van der Waals surface area contributed by atoms with Crippen LogP contribution in [0.4, 0.5) is 0 Å². The van der Waals surface area contributed by atoms with Crippen molar-refractivity contribution in [3.63, 3.8) is 0 Å². The molecule has 0 bridgehead atoms. The Morgan fingerprint density at radius 3 is 2.76 bits per heavy atom. The van der Waals surface area contributed by atoms with E-state index in [1.54, 1.807) is 13.8 Å². The van der Waals surface area contributed by atoms with Gasteiger partial charge in [0.15, 0.2) is 5.89 Å². The van der Waals surface area contributed by atoms with Crippen LogP contribution in [0.1, 0.15) is 41.9 Å². The summed E-state index contributed by atoms with van der Waals surface area (Å²) in [4.78, 5) is 18.3. The number of oxazole rings is 1. The van der Waals surface area contributed by atoms with Gasteiger partial charge in [-0.3, -0.25) is 4.79 Å². The lowest BCUT2D eigenvalue weighted by atomic mass is 9.99. The lowest BCUT2D eigenvalue weighted by molar-refractivity contribution is 0.0584. The summed E-state index contributed by atoms with van der Waals surface area (Å²) in [6.45, 7) is 6.26. The molecule has 0 aromatic carbocycles. The Balaban J connectivity index is 2.17. The first-order valence-corrected chi connectivity index (χ1v) is 5.99. The van der Waals surface area contributed by atoms with Crippen LogP contribution in [-0.4, -0.2) is 34.4 Å². The first-order chi connectivity index (χ1) is 7.99. The van der Waals surface area contributed by atoms with Crippen LogP contribution in [0.25, 0.3) is 0 Å². The first-order valence-electron chi connectivity index (χ1n) is 5.99. The zero-order valence-electron chi connectivity index (χ0n) is 10.6. The van der Waals surface area contributed by atoms with Crippen LogP contribution >= 0.6 is 0 Å². The molecule has 1 aliphatic heterocycles. The molecule has 0 aliphatic carbocycles. The van der Waals surface area contributed by atoms with E-state index in [4.69, 9.17) is 10.2 Å². The summed E-state index contributed by atoms with van der Waals surface area (Å²) in [7, 11) is 0. The quantitative estimate of drug-likeness (QED) is 0.797. The third-order valence-electron chi connectivity index (χ3n) is 3.28. The topological polar surface area (TPSA) is 72.4 Å². The molecule has 1 aliphatic rings. The van der Waals surface area contributed by atoms with E-state index in [1.165, 1.54) is 0 Å². The Morgan fingerprint density at radius 1 is 1.53 bits per heavy atom. The van der Waals surface area contributed by atoms with Crippen molar-refractivity contribution in [1.82, 2.24) is 9.88 Å². The standard InChI is InChI=1S/C12H19N3O2/c1-7-6-10(13)4-5-15(7)12(16)11-8(2)14-9(3)17-11/h7,10H,4-6,13H2,1-3H3. The van der Waals surface area contributed by atoms with Crippen LogP contribution < -0.4 is 5.73 Å². The van der Waals surface area contributed by atoms with Crippen LogP contribution in [0.2, 0.25) is 0 Å². The van der Waals surface area contributed by atoms with Gasteiger partial charge in [0.1, 0.15) is 0 Å². The molecular weight excluding hydrogens is 218 g/mol. The number of likely N-dealkylation sites (tertiary alicyclic amines) is 1. The Bertz CT molecular complexity index is 427. The smallest absolute Gasteiger partial charge is 0.291 e. The van der Waals surface area contributed by atoms with E-state index in [1.807, 2.05) is 11.8 Å². The number of piperidine rings is 1. The van der Waals surface area contributed by atoms with Gasteiger partial charge in [0.25, 0.3) is 5.91 Å². The zero-order chi connectivity index (χ0) is 12.6. The minimum absolute atomic E-state index is 0.0671. The van der Waals surface area contributed by atoms with E-state index in [9.17, 15) is 4.79 Å². The summed E-state index contributed by atoms with van der Waals surface area (Å²) in [5.74, 6) is 0.833. The molecule has 1 aromatic heterocycles. The number of nitrogens with two attached hydrogens (primary N) is 1. The summed E-state index contributed by atoms with van der Waals surface area (Å²) < 4.78 is 5.37. The number of rotatable bonds is 1.